The summed E-state index contributed by atoms with van der Waals surface area (Å²) in [5, 5.41) is 4.98. The summed E-state index contributed by atoms with van der Waals surface area (Å²) >= 11 is 18.5. The minimum Gasteiger partial charge on any atom is -0.378 e. The van der Waals surface area contributed by atoms with Crippen molar-refractivity contribution in [3.63, 3.8) is 0 Å². The first-order valence-electron chi connectivity index (χ1n) is 10.1. The smallest absolute Gasteiger partial charge is 0.261 e. The molecule has 0 spiro atoms. The van der Waals surface area contributed by atoms with Crippen molar-refractivity contribution in [1.29, 1.82) is 0 Å². The highest BCUT2D eigenvalue weighted by atomic mass is 35.5. The lowest BCUT2D eigenvalue weighted by Gasteiger charge is -2.37. The zero-order valence-electron chi connectivity index (χ0n) is 16.7. The Bertz CT molecular complexity index is 1340. The van der Waals surface area contributed by atoms with Crippen molar-refractivity contribution in [3.05, 3.63) is 99.0 Å². The Hall–Kier alpha value is -2.18. The number of para-hydroxylation sites is 1. The molecule has 164 valence electrons. The summed E-state index contributed by atoms with van der Waals surface area (Å²) in [5.74, 6) is 0.343. The van der Waals surface area contributed by atoms with Crippen molar-refractivity contribution in [2.24, 2.45) is 5.92 Å². The molecule has 3 atom stereocenters. The molecule has 0 saturated carbocycles. The van der Waals surface area contributed by atoms with E-state index in [0.29, 0.717) is 20.8 Å². The van der Waals surface area contributed by atoms with Gasteiger partial charge in [0.1, 0.15) is 0 Å². The Balaban J connectivity index is 1.50. The SMILES string of the molecule is O=S(=O)(Nc1ccccc1Cl)c1ccc2c(c1)[C@H]1C=CC[C@H]1[C@@H](c1ccc(Cl)c(Cl)c1)N2. The molecule has 2 aliphatic rings. The van der Waals surface area contributed by atoms with Gasteiger partial charge in [0.2, 0.25) is 0 Å². The lowest BCUT2D eigenvalue weighted by atomic mass is 9.77. The largest absolute Gasteiger partial charge is 0.378 e. The van der Waals surface area contributed by atoms with Crippen molar-refractivity contribution in [1.82, 2.24) is 0 Å². The number of nitrogens with one attached hydrogen (secondary N) is 2. The molecule has 3 aromatic carbocycles. The van der Waals surface area contributed by atoms with Gasteiger partial charge in [0.25, 0.3) is 10.0 Å². The Morgan fingerprint density at radius 2 is 1.72 bits per heavy atom. The molecule has 0 aromatic heterocycles. The number of hydrogen-bond donors (Lipinski definition) is 2. The van der Waals surface area contributed by atoms with E-state index < -0.39 is 10.0 Å². The lowest BCUT2D eigenvalue weighted by molar-refractivity contribution is 0.425. The fourth-order valence-corrected chi connectivity index (χ4v) is 6.18. The van der Waals surface area contributed by atoms with Gasteiger partial charge in [-0.05, 0) is 65.9 Å². The van der Waals surface area contributed by atoms with E-state index in [1.807, 2.05) is 24.3 Å². The van der Waals surface area contributed by atoms with Crippen LogP contribution in [0.15, 0.2) is 77.7 Å². The molecule has 1 heterocycles. The van der Waals surface area contributed by atoms with Gasteiger partial charge in [0, 0.05) is 11.6 Å². The van der Waals surface area contributed by atoms with E-state index >= 15 is 0 Å². The third kappa shape index (κ3) is 3.88. The first kappa shape index (κ1) is 21.7. The van der Waals surface area contributed by atoms with Gasteiger partial charge in [-0.2, -0.15) is 0 Å². The molecule has 2 N–H and O–H groups in total. The number of anilines is 2. The average Bonchev–Trinajstić information content (AvgIpc) is 3.26. The number of hydrogen-bond acceptors (Lipinski definition) is 3. The van der Waals surface area contributed by atoms with Crippen LogP contribution in [0.5, 0.6) is 0 Å². The molecule has 1 aliphatic heterocycles. The predicted molar refractivity (Wildman–Crippen MR) is 132 cm³/mol. The first-order chi connectivity index (χ1) is 15.3. The molecule has 0 fully saturated rings. The summed E-state index contributed by atoms with van der Waals surface area (Å²) in [6.45, 7) is 0. The van der Waals surface area contributed by atoms with Gasteiger partial charge in [-0.25, -0.2) is 8.42 Å². The Kier molecular flexibility index (Phi) is 5.62. The second-order valence-electron chi connectivity index (χ2n) is 7.98. The van der Waals surface area contributed by atoms with Crippen LogP contribution in [0.3, 0.4) is 0 Å². The molecule has 5 rings (SSSR count). The van der Waals surface area contributed by atoms with Gasteiger partial charge in [0.15, 0.2) is 0 Å². The zero-order valence-corrected chi connectivity index (χ0v) is 19.8. The van der Waals surface area contributed by atoms with Crippen LogP contribution in [0.25, 0.3) is 0 Å². The lowest BCUT2D eigenvalue weighted by Crippen LogP contribution is -2.29. The Morgan fingerprint density at radius 1 is 0.906 bits per heavy atom. The van der Waals surface area contributed by atoms with Crippen molar-refractivity contribution in [2.45, 2.75) is 23.3 Å². The van der Waals surface area contributed by atoms with Crippen LogP contribution in [-0.4, -0.2) is 8.42 Å². The average molecular weight is 506 g/mol. The quantitative estimate of drug-likeness (QED) is 0.366. The Morgan fingerprint density at radius 3 is 2.50 bits per heavy atom. The maximum atomic E-state index is 13.1. The van der Waals surface area contributed by atoms with E-state index in [9.17, 15) is 8.42 Å². The molecule has 1 aliphatic carbocycles. The van der Waals surface area contributed by atoms with E-state index in [1.165, 1.54) is 0 Å². The summed E-state index contributed by atoms with van der Waals surface area (Å²) in [6, 6.07) is 17.7. The van der Waals surface area contributed by atoms with Crippen LogP contribution in [0, 0.1) is 5.92 Å². The number of rotatable bonds is 4. The number of fused-ring (bicyclic) bond motifs is 3. The molecule has 0 saturated heterocycles. The maximum Gasteiger partial charge on any atom is 0.261 e. The Labute approximate surface area is 202 Å². The molecule has 0 unspecified atom stereocenters. The fraction of sp³-hybridized carbons (Fsp3) is 0.167. The minimum absolute atomic E-state index is 0.0426. The van der Waals surface area contributed by atoms with Crippen LogP contribution < -0.4 is 10.0 Å². The van der Waals surface area contributed by atoms with Crippen LogP contribution in [-0.2, 0) is 10.0 Å². The highest BCUT2D eigenvalue weighted by Gasteiger charge is 2.38. The van der Waals surface area contributed by atoms with Gasteiger partial charge in [-0.3, -0.25) is 4.72 Å². The summed E-state index contributed by atoms with van der Waals surface area (Å²) in [5.41, 5.74) is 3.27. The molecule has 0 bridgehead atoms. The van der Waals surface area contributed by atoms with Crippen LogP contribution >= 0.6 is 34.8 Å². The van der Waals surface area contributed by atoms with Gasteiger partial charge in [-0.15, -0.1) is 0 Å². The third-order valence-electron chi connectivity index (χ3n) is 6.07. The molecule has 3 aromatic rings. The second-order valence-corrected chi connectivity index (χ2v) is 10.9. The van der Waals surface area contributed by atoms with Crippen LogP contribution in [0.2, 0.25) is 15.1 Å². The monoisotopic (exact) mass is 504 g/mol. The number of halogens is 3. The van der Waals surface area contributed by atoms with Gasteiger partial charge in [-0.1, -0.05) is 65.2 Å². The summed E-state index contributed by atoms with van der Waals surface area (Å²) in [6.07, 6.45) is 5.20. The third-order valence-corrected chi connectivity index (χ3v) is 8.50. The predicted octanol–water partition coefficient (Wildman–Crippen LogP) is 7.27. The van der Waals surface area contributed by atoms with E-state index in [4.69, 9.17) is 34.8 Å². The van der Waals surface area contributed by atoms with Gasteiger partial charge < -0.3 is 5.32 Å². The molecule has 4 nitrogen and oxygen atoms in total. The van der Waals surface area contributed by atoms with Gasteiger partial charge in [0.05, 0.1) is 31.7 Å². The molecule has 0 amide bonds. The molecule has 0 radical (unpaired) electrons. The van der Waals surface area contributed by atoms with Crippen molar-refractivity contribution >= 4 is 56.2 Å². The number of allylic oxidation sites excluding steroid dienone is 2. The van der Waals surface area contributed by atoms with E-state index in [2.05, 4.69) is 22.2 Å². The van der Waals surface area contributed by atoms with Gasteiger partial charge >= 0.3 is 0 Å². The molecule has 8 heteroatoms. The highest BCUT2D eigenvalue weighted by molar-refractivity contribution is 7.92. The highest BCUT2D eigenvalue weighted by Crippen LogP contribution is 2.50. The van der Waals surface area contributed by atoms with Crippen molar-refractivity contribution < 1.29 is 8.42 Å². The summed E-state index contributed by atoms with van der Waals surface area (Å²) in [4.78, 5) is 0.199. The number of benzene rings is 3. The van der Waals surface area contributed by atoms with E-state index in [-0.39, 0.29) is 22.8 Å². The van der Waals surface area contributed by atoms with Crippen LogP contribution in [0.1, 0.15) is 29.5 Å². The maximum absolute atomic E-state index is 13.1. The van der Waals surface area contributed by atoms with Crippen LogP contribution in [0.4, 0.5) is 11.4 Å². The van der Waals surface area contributed by atoms with Crippen molar-refractivity contribution in [2.75, 3.05) is 10.0 Å². The zero-order chi connectivity index (χ0) is 22.5. The van der Waals surface area contributed by atoms with Crippen molar-refractivity contribution in [3.8, 4) is 0 Å². The molecular weight excluding hydrogens is 487 g/mol. The molecular formula is C24H19Cl3N2O2S. The number of sulfonamides is 1. The normalized spacial score (nSPS) is 21.5. The standard InChI is InChI=1S/C24H19Cl3N2O2S/c25-19-10-8-14(12-21(19)27)24-17-5-3-4-16(17)18-13-15(9-11-22(18)28-24)32(30,31)29-23-7-2-1-6-20(23)26/h1-4,6-13,16-17,24,28-29H,5H2/t16-,17+,24+/m0/s1. The van der Waals surface area contributed by atoms with E-state index in [0.717, 1.165) is 23.2 Å². The second kappa shape index (κ2) is 8.31. The van der Waals surface area contributed by atoms with E-state index in [1.54, 1.807) is 36.4 Å². The molecule has 32 heavy (non-hydrogen) atoms. The summed E-state index contributed by atoms with van der Waals surface area (Å²) < 4.78 is 28.7. The minimum atomic E-state index is -3.79. The fourth-order valence-electron chi connectivity index (χ4n) is 4.52. The summed E-state index contributed by atoms with van der Waals surface area (Å²) in [7, 11) is -3.79. The first-order valence-corrected chi connectivity index (χ1v) is 12.7. The topological polar surface area (TPSA) is 58.2 Å².